The largest absolute Gasteiger partial charge is 0.496 e. The van der Waals surface area contributed by atoms with Crippen LogP contribution in [0.1, 0.15) is 45.7 Å². The molecule has 0 atom stereocenters. The summed E-state index contributed by atoms with van der Waals surface area (Å²) in [5.74, 6) is 0.771. The van der Waals surface area contributed by atoms with Crippen LogP contribution in [0.15, 0.2) is 109 Å². The van der Waals surface area contributed by atoms with Crippen LogP contribution in [0.2, 0.25) is 0 Å². The molecule has 5 N–H and O–H groups in total. The van der Waals surface area contributed by atoms with E-state index in [0.29, 0.717) is 51.2 Å². The van der Waals surface area contributed by atoms with Crippen molar-refractivity contribution in [3.63, 3.8) is 0 Å². The van der Waals surface area contributed by atoms with Crippen molar-refractivity contribution >= 4 is 58.2 Å². The summed E-state index contributed by atoms with van der Waals surface area (Å²) in [5, 5.41) is 14.2. The molecule has 0 aliphatic rings. The quantitative estimate of drug-likeness (QED) is 0.0100. The number of nitrogens with zero attached hydrogens (tertiary/aromatic N) is 2. The van der Waals surface area contributed by atoms with Gasteiger partial charge in [-0.2, -0.15) is 0 Å². The van der Waals surface area contributed by atoms with E-state index in [1.807, 2.05) is 57.1 Å². The first-order valence-electron chi connectivity index (χ1n) is 20.9. The summed E-state index contributed by atoms with van der Waals surface area (Å²) in [5.41, 5.74) is 17.5. The Balaban J connectivity index is 1.07. The molecule has 0 aliphatic carbocycles. The molecule has 6 rings (SSSR count). The zero-order valence-electron chi connectivity index (χ0n) is 38.7. The van der Waals surface area contributed by atoms with E-state index >= 15 is 0 Å². The smallest absolute Gasteiger partial charge is 0.347 e. The zero-order valence-corrected chi connectivity index (χ0v) is 38.7. The van der Waals surface area contributed by atoms with Gasteiger partial charge in [-0.15, -0.1) is 0 Å². The highest BCUT2D eigenvalue weighted by Crippen LogP contribution is 2.37. The number of carbonyl (C=O) groups is 2. The maximum absolute atomic E-state index is 13.5. The molecule has 0 fully saturated rings. The summed E-state index contributed by atoms with van der Waals surface area (Å²) in [4.78, 5) is 39.4. The molecule has 18 nitrogen and oxygen atoms in total. The Morgan fingerprint density at radius 2 is 1.25 bits per heavy atom. The predicted octanol–water partition coefficient (Wildman–Crippen LogP) is 9.56. The van der Waals surface area contributed by atoms with Crippen LogP contribution < -0.4 is 64.7 Å². The number of nitrogens with one attached hydrogen (secondary N) is 3. The summed E-state index contributed by atoms with van der Waals surface area (Å²) >= 11 is 0. The lowest BCUT2D eigenvalue weighted by molar-refractivity contribution is -0.384. The molecule has 18 heteroatoms. The minimum absolute atomic E-state index is 0.0238. The minimum Gasteiger partial charge on any atom is -0.496 e. The van der Waals surface area contributed by atoms with Crippen LogP contribution in [0.5, 0.6) is 46.0 Å². The van der Waals surface area contributed by atoms with Gasteiger partial charge in [0.05, 0.1) is 62.1 Å². The standard InChI is InChI=1S/C50H52N6O12/c1-30(2)66-48-25-35(55(3)4)16-22-42(48)54-53-33-13-21-41(51)47(24-33)65-29-52-32-12-19-39(43(23-32)61-5)49(57)67-36-17-20-40(46(26-36)64-8)50(58)68-37-27-44(62-6)38(45(28-37)63-7)18-11-31-9-14-34(15-10-31)56(59)60/h9-28,30,52-54H,29,51H2,1-8H3/b18-11+. The van der Waals surface area contributed by atoms with Gasteiger partial charge in [-0.3, -0.25) is 15.5 Å². The normalized spacial score (nSPS) is 10.8. The van der Waals surface area contributed by atoms with Gasteiger partial charge in [-0.05, 0) is 86.2 Å². The Bertz CT molecular complexity index is 2770. The van der Waals surface area contributed by atoms with Gasteiger partial charge in [0.15, 0.2) is 6.73 Å². The van der Waals surface area contributed by atoms with E-state index in [2.05, 4.69) is 16.2 Å². The lowest BCUT2D eigenvalue weighted by Gasteiger charge is -2.20. The van der Waals surface area contributed by atoms with Crippen molar-refractivity contribution < 1.29 is 52.4 Å². The zero-order chi connectivity index (χ0) is 48.9. The molecule has 0 spiro atoms. The van der Waals surface area contributed by atoms with E-state index in [1.165, 1.54) is 70.9 Å². The summed E-state index contributed by atoms with van der Waals surface area (Å²) in [6.07, 6.45) is 3.42. The van der Waals surface area contributed by atoms with Crippen LogP contribution in [0.3, 0.4) is 0 Å². The first kappa shape index (κ1) is 48.7. The van der Waals surface area contributed by atoms with Crippen molar-refractivity contribution in [2.75, 3.05) is 76.1 Å². The number of nitro groups is 1. The number of benzene rings is 6. The minimum atomic E-state index is -0.774. The van der Waals surface area contributed by atoms with Crippen LogP contribution in [-0.2, 0) is 0 Å². The molecule has 0 unspecified atom stereocenters. The highest BCUT2D eigenvalue weighted by molar-refractivity contribution is 5.96. The maximum atomic E-state index is 13.5. The highest BCUT2D eigenvalue weighted by atomic mass is 16.6. The van der Waals surface area contributed by atoms with Crippen LogP contribution in [-0.4, -0.2) is 72.2 Å². The van der Waals surface area contributed by atoms with E-state index in [1.54, 1.807) is 54.6 Å². The van der Waals surface area contributed by atoms with Crippen LogP contribution in [0.4, 0.5) is 34.1 Å². The SMILES string of the molecule is COc1cc(NCOc2cc(NNc3ccc(N(C)C)cc3OC(C)C)ccc2N)ccc1C(=O)Oc1ccc(C(=O)Oc2cc(OC)c(/C=C/c3ccc([N+](=O)[O-])cc3)c(OC)c2)c(OC)c1. The Labute approximate surface area is 393 Å². The van der Waals surface area contributed by atoms with Crippen molar-refractivity contribution in [2.45, 2.75) is 20.0 Å². The maximum Gasteiger partial charge on any atom is 0.347 e. The number of rotatable bonds is 21. The average molecular weight is 929 g/mol. The summed E-state index contributed by atoms with van der Waals surface area (Å²) in [6.45, 7) is 3.96. The first-order chi connectivity index (χ1) is 32.7. The second-order valence-electron chi connectivity index (χ2n) is 15.2. The van der Waals surface area contributed by atoms with Gasteiger partial charge in [0.2, 0.25) is 0 Å². The van der Waals surface area contributed by atoms with Crippen molar-refractivity contribution in [3.05, 3.63) is 142 Å². The number of hydrazine groups is 1. The summed E-state index contributed by atoms with van der Waals surface area (Å²) in [7, 11) is 9.62. The van der Waals surface area contributed by atoms with E-state index in [0.717, 1.165) is 11.4 Å². The number of nitrogens with two attached hydrogens (primary N) is 1. The third-order valence-corrected chi connectivity index (χ3v) is 10.0. The molecular formula is C50H52N6O12. The van der Waals surface area contributed by atoms with Gasteiger partial charge in [-0.25, -0.2) is 9.59 Å². The number of hydrogen-bond acceptors (Lipinski definition) is 17. The monoisotopic (exact) mass is 928 g/mol. The second kappa shape index (κ2) is 22.4. The summed E-state index contributed by atoms with van der Waals surface area (Å²) < 4.78 is 45.6. The van der Waals surface area contributed by atoms with Gasteiger partial charge in [-0.1, -0.05) is 6.08 Å². The fraction of sp³-hybridized carbons (Fsp3) is 0.200. The Morgan fingerprint density at radius 1 is 0.662 bits per heavy atom. The molecule has 6 aromatic rings. The second-order valence-corrected chi connectivity index (χ2v) is 15.2. The van der Waals surface area contributed by atoms with Crippen LogP contribution in [0, 0.1) is 10.1 Å². The number of non-ortho nitro benzene ring substituents is 1. The Kier molecular flexibility index (Phi) is 16.0. The molecule has 0 aromatic heterocycles. The van der Waals surface area contributed by atoms with Crippen molar-refractivity contribution in [1.82, 2.24) is 0 Å². The fourth-order valence-electron chi connectivity index (χ4n) is 6.54. The number of esters is 2. The van der Waals surface area contributed by atoms with Crippen LogP contribution >= 0.6 is 0 Å². The third kappa shape index (κ3) is 12.3. The van der Waals surface area contributed by atoms with Gasteiger partial charge < -0.3 is 59.3 Å². The molecule has 0 saturated heterocycles. The van der Waals surface area contributed by atoms with E-state index in [9.17, 15) is 19.7 Å². The van der Waals surface area contributed by atoms with E-state index in [4.69, 9.17) is 43.6 Å². The molecule has 0 amide bonds. The van der Waals surface area contributed by atoms with Crippen molar-refractivity contribution in [2.24, 2.45) is 0 Å². The number of nitrogen functional groups attached to an aromatic ring is 1. The van der Waals surface area contributed by atoms with Crippen molar-refractivity contribution in [3.8, 4) is 46.0 Å². The Morgan fingerprint density at radius 3 is 1.87 bits per heavy atom. The number of hydrogen-bond donors (Lipinski definition) is 4. The lowest BCUT2D eigenvalue weighted by Crippen LogP contribution is -2.15. The number of carbonyl (C=O) groups excluding carboxylic acids is 2. The molecule has 68 heavy (non-hydrogen) atoms. The highest BCUT2D eigenvalue weighted by Gasteiger charge is 2.21. The van der Waals surface area contributed by atoms with Gasteiger partial charge in [0.25, 0.3) is 5.69 Å². The van der Waals surface area contributed by atoms with Crippen molar-refractivity contribution in [1.29, 1.82) is 0 Å². The molecule has 0 bridgehead atoms. The topological polar surface area (TPSA) is 216 Å². The fourth-order valence-corrected chi connectivity index (χ4v) is 6.54. The lowest BCUT2D eigenvalue weighted by atomic mass is 10.1. The molecule has 0 aliphatic heterocycles. The number of nitro benzene ring substituents is 1. The third-order valence-electron chi connectivity index (χ3n) is 10.0. The Hall–Kier alpha value is -8.80. The van der Waals surface area contributed by atoms with E-state index < -0.39 is 16.9 Å². The average Bonchev–Trinajstić information content (AvgIpc) is 3.33. The molecule has 0 radical (unpaired) electrons. The molecule has 6 aromatic carbocycles. The number of ether oxygens (including phenoxy) is 8. The molecule has 354 valence electrons. The van der Waals surface area contributed by atoms with Gasteiger partial charge in [0.1, 0.15) is 57.1 Å². The van der Waals surface area contributed by atoms with E-state index in [-0.39, 0.29) is 52.6 Å². The molecule has 0 heterocycles. The molecule has 0 saturated carbocycles. The molecular weight excluding hydrogens is 877 g/mol. The van der Waals surface area contributed by atoms with Gasteiger partial charge >= 0.3 is 11.9 Å². The number of methoxy groups -OCH3 is 4. The predicted molar refractivity (Wildman–Crippen MR) is 261 cm³/mol. The first-order valence-corrected chi connectivity index (χ1v) is 20.9. The van der Waals surface area contributed by atoms with Crippen LogP contribution in [0.25, 0.3) is 12.2 Å². The van der Waals surface area contributed by atoms with Gasteiger partial charge in [0, 0.05) is 74.0 Å². The summed E-state index contributed by atoms with van der Waals surface area (Å²) in [6, 6.07) is 29.3. The number of anilines is 5.